The number of piperazine rings is 1. The van der Waals surface area contributed by atoms with E-state index in [4.69, 9.17) is 0 Å². The molecular weight excluding hydrogens is 405 g/mol. The van der Waals surface area contributed by atoms with Crippen molar-refractivity contribution in [1.29, 1.82) is 0 Å². The molecule has 6 nitrogen and oxygen atoms in total. The van der Waals surface area contributed by atoms with E-state index in [2.05, 4.69) is 44.7 Å². The standard InChI is InChI=1S/C25H22FN5O/c26-19-7-4-8-20(17-19)27-25(32)31-15-13-30(14-16-31)24-12-11-23(28-29-24)22-10-3-6-18-5-1-2-9-21(18)22/h1-12,17H,13-16H2,(H,27,32). The summed E-state index contributed by atoms with van der Waals surface area (Å²) in [6.45, 7) is 2.40. The second kappa shape index (κ2) is 8.63. The number of benzene rings is 3. The van der Waals surface area contributed by atoms with Gasteiger partial charge in [0.15, 0.2) is 5.82 Å². The van der Waals surface area contributed by atoms with Gasteiger partial charge in [-0.2, -0.15) is 0 Å². The predicted octanol–water partition coefficient (Wildman–Crippen LogP) is 4.79. The van der Waals surface area contributed by atoms with Crippen LogP contribution in [0.3, 0.4) is 0 Å². The Labute approximate surface area is 185 Å². The molecule has 1 aromatic heterocycles. The second-order valence-electron chi connectivity index (χ2n) is 7.72. The third-order valence-corrected chi connectivity index (χ3v) is 5.68. The van der Waals surface area contributed by atoms with Crippen LogP contribution in [0.4, 0.5) is 20.7 Å². The maximum Gasteiger partial charge on any atom is 0.321 e. The highest BCUT2D eigenvalue weighted by Crippen LogP contribution is 2.27. The quantitative estimate of drug-likeness (QED) is 0.511. The van der Waals surface area contributed by atoms with E-state index in [0.29, 0.717) is 31.9 Å². The normalized spacial score (nSPS) is 13.9. The first-order valence-corrected chi connectivity index (χ1v) is 10.6. The molecule has 2 heterocycles. The third kappa shape index (κ3) is 4.09. The fourth-order valence-corrected chi connectivity index (χ4v) is 3.99. The first-order chi connectivity index (χ1) is 15.7. The van der Waals surface area contributed by atoms with E-state index in [1.54, 1.807) is 17.0 Å². The minimum atomic E-state index is -0.377. The predicted molar refractivity (Wildman–Crippen MR) is 124 cm³/mol. The highest BCUT2D eigenvalue weighted by Gasteiger charge is 2.22. The molecule has 2 amide bonds. The van der Waals surface area contributed by atoms with E-state index in [9.17, 15) is 9.18 Å². The van der Waals surface area contributed by atoms with Crippen LogP contribution in [0.15, 0.2) is 78.9 Å². The number of rotatable bonds is 3. The van der Waals surface area contributed by atoms with Gasteiger partial charge in [-0.05, 0) is 41.1 Å². The largest absolute Gasteiger partial charge is 0.352 e. The fourth-order valence-electron chi connectivity index (χ4n) is 3.99. The highest BCUT2D eigenvalue weighted by molar-refractivity contribution is 5.95. The number of carbonyl (C=O) groups is 1. The van der Waals surface area contributed by atoms with Crippen LogP contribution in [0.5, 0.6) is 0 Å². The lowest BCUT2D eigenvalue weighted by molar-refractivity contribution is 0.208. The summed E-state index contributed by atoms with van der Waals surface area (Å²) in [5, 5.41) is 14.0. The smallest absolute Gasteiger partial charge is 0.321 e. The Morgan fingerprint density at radius 2 is 1.62 bits per heavy atom. The minimum absolute atomic E-state index is 0.229. The Morgan fingerprint density at radius 3 is 2.41 bits per heavy atom. The van der Waals surface area contributed by atoms with Crippen LogP contribution in [0, 0.1) is 5.82 Å². The van der Waals surface area contributed by atoms with Crippen molar-refractivity contribution in [2.24, 2.45) is 0 Å². The number of fused-ring (bicyclic) bond motifs is 1. The molecule has 0 bridgehead atoms. The summed E-state index contributed by atoms with van der Waals surface area (Å²) in [6, 6.07) is 24.0. The van der Waals surface area contributed by atoms with Crippen LogP contribution in [-0.2, 0) is 0 Å². The van der Waals surface area contributed by atoms with Crippen molar-refractivity contribution in [2.45, 2.75) is 0 Å². The zero-order chi connectivity index (χ0) is 21.9. The SMILES string of the molecule is O=C(Nc1cccc(F)c1)N1CCN(c2ccc(-c3cccc4ccccc34)nn2)CC1. The number of halogens is 1. The summed E-state index contributed by atoms with van der Waals surface area (Å²) in [7, 11) is 0. The Kier molecular flexibility index (Phi) is 5.37. The van der Waals surface area contributed by atoms with Gasteiger partial charge in [0, 0.05) is 37.4 Å². The lowest BCUT2D eigenvalue weighted by atomic mass is 10.0. The van der Waals surface area contributed by atoms with Crippen LogP contribution in [0.2, 0.25) is 0 Å². The lowest BCUT2D eigenvalue weighted by Gasteiger charge is -2.35. The van der Waals surface area contributed by atoms with Crippen molar-refractivity contribution in [2.75, 3.05) is 36.4 Å². The Bertz CT molecular complexity index is 1250. The fraction of sp³-hybridized carbons (Fsp3) is 0.160. The number of urea groups is 1. The van der Waals surface area contributed by atoms with E-state index in [1.807, 2.05) is 30.3 Å². The molecule has 160 valence electrons. The van der Waals surface area contributed by atoms with Crippen molar-refractivity contribution in [3.05, 3.63) is 84.7 Å². The number of carbonyl (C=O) groups excluding carboxylic acids is 1. The zero-order valence-electron chi connectivity index (χ0n) is 17.4. The van der Waals surface area contributed by atoms with Gasteiger partial charge >= 0.3 is 6.03 Å². The van der Waals surface area contributed by atoms with Gasteiger partial charge in [0.25, 0.3) is 0 Å². The van der Waals surface area contributed by atoms with Crippen LogP contribution in [0.25, 0.3) is 22.0 Å². The molecule has 1 fully saturated rings. The molecule has 1 aliphatic heterocycles. The van der Waals surface area contributed by atoms with Gasteiger partial charge in [-0.3, -0.25) is 0 Å². The molecule has 0 spiro atoms. The summed E-state index contributed by atoms with van der Waals surface area (Å²) in [6.07, 6.45) is 0. The molecule has 0 atom stereocenters. The van der Waals surface area contributed by atoms with E-state index in [1.165, 1.54) is 17.5 Å². The molecule has 5 rings (SSSR count). The number of nitrogens with one attached hydrogen (secondary N) is 1. The topological polar surface area (TPSA) is 61.4 Å². The first kappa shape index (κ1) is 19.9. The van der Waals surface area contributed by atoms with Gasteiger partial charge in [0.05, 0.1) is 5.69 Å². The molecule has 7 heteroatoms. The average Bonchev–Trinajstić information content (AvgIpc) is 2.84. The average molecular weight is 427 g/mol. The van der Waals surface area contributed by atoms with Crippen molar-refractivity contribution in [1.82, 2.24) is 15.1 Å². The maximum absolute atomic E-state index is 13.3. The molecule has 1 saturated heterocycles. The minimum Gasteiger partial charge on any atom is -0.352 e. The molecule has 0 unspecified atom stereocenters. The molecule has 1 N–H and O–H groups in total. The summed E-state index contributed by atoms with van der Waals surface area (Å²) in [5.74, 6) is 0.414. The van der Waals surface area contributed by atoms with E-state index >= 15 is 0 Å². The van der Waals surface area contributed by atoms with E-state index in [0.717, 1.165) is 22.5 Å². The lowest BCUT2D eigenvalue weighted by Crippen LogP contribution is -2.50. The van der Waals surface area contributed by atoms with Gasteiger partial charge in [-0.25, -0.2) is 9.18 Å². The van der Waals surface area contributed by atoms with E-state index in [-0.39, 0.29) is 11.8 Å². The number of hydrogen-bond donors (Lipinski definition) is 1. The number of aromatic nitrogens is 2. The number of amides is 2. The van der Waals surface area contributed by atoms with Crippen molar-refractivity contribution >= 4 is 28.3 Å². The molecule has 1 aliphatic rings. The molecule has 0 aliphatic carbocycles. The summed E-state index contributed by atoms with van der Waals surface area (Å²) in [4.78, 5) is 16.3. The van der Waals surface area contributed by atoms with Crippen LogP contribution >= 0.6 is 0 Å². The van der Waals surface area contributed by atoms with Crippen molar-refractivity contribution in [3.63, 3.8) is 0 Å². The number of anilines is 2. The van der Waals surface area contributed by atoms with Crippen LogP contribution < -0.4 is 10.2 Å². The Hall–Kier alpha value is -4.00. The van der Waals surface area contributed by atoms with Crippen molar-refractivity contribution < 1.29 is 9.18 Å². The second-order valence-corrected chi connectivity index (χ2v) is 7.72. The van der Waals surface area contributed by atoms with Gasteiger partial charge in [0.1, 0.15) is 5.82 Å². The van der Waals surface area contributed by atoms with Crippen LogP contribution in [0.1, 0.15) is 0 Å². The van der Waals surface area contributed by atoms with Gasteiger partial charge in [0.2, 0.25) is 0 Å². The molecule has 0 saturated carbocycles. The van der Waals surface area contributed by atoms with Crippen molar-refractivity contribution in [3.8, 4) is 11.3 Å². The molecular formula is C25H22FN5O. The monoisotopic (exact) mass is 427 g/mol. The van der Waals surface area contributed by atoms with E-state index < -0.39 is 0 Å². The third-order valence-electron chi connectivity index (χ3n) is 5.68. The molecule has 0 radical (unpaired) electrons. The summed E-state index contributed by atoms with van der Waals surface area (Å²) in [5.41, 5.74) is 2.34. The van der Waals surface area contributed by atoms with Gasteiger partial charge < -0.3 is 15.1 Å². The molecule has 32 heavy (non-hydrogen) atoms. The molecule has 3 aromatic carbocycles. The number of hydrogen-bond acceptors (Lipinski definition) is 4. The van der Waals surface area contributed by atoms with Gasteiger partial charge in [-0.15, -0.1) is 10.2 Å². The highest BCUT2D eigenvalue weighted by atomic mass is 19.1. The zero-order valence-corrected chi connectivity index (χ0v) is 17.4. The Balaban J connectivity index is 1.24. The van der Waals surface area contributed by atoms with Gasteiger partial charge in [-0.1, -0.05) is 48.5 Å². The molecule has 4 aromatic rings. The first-order valence-electron chi connectivity index (χ1n) is 10.6. The number of nitrogens with zero attached hydrogens (tertiary/aromatic N) is 4. The maximum atomic E-state index is 13.3. The summed E-state index contributed by atoms with van der Waals surface area (Å²) < 4.78 is 13.3. The Morgan fingerprint density at radius 1 is 0.844 bits per heavy atom. The summed E-state index contributed by atoms with van der Waals surface area (Å²) >= 11 is 0. The van der Waals surface area contributed by atoms with Crippen LogP contribution in [-0.4, -0.2) is 47.3 Å².